The lowest BCUT2D eigenvalue weighted by atomic mass is 10.1. The molecule has 1 aromatic rings. The molecule has 1 saturated carbocycles. The van der Waals surface area contributed by atoms with E-state index in [1.807, 2.05) is 0 Å². The minimum atomic E-state index is 0.0606. The molecule has 100 valence electrons. The summed E-state index contributed by atoms with van der Waals surface area (Å²) in [6.45, 7) is 5.31. The highest BCUT2D eigenvalue weighted by molar-refractivity contribution is 5.17. The number of aromatic nitrogens is 1. The lowest BCUT2D eigenvalue weighted by Crippen LogP contribution is -2.22. The van der Waals surface area contributed by atoms with Gasteiger partial charge in [0.15, 0.2) is 0 Å². The van der Waals surface area contributed by atoms with Crippen molar-refractivity contribution in [1.29, 1.82) is 0 Å². The third-order valence-corrected chi connectivity index (χ3v) is 4.26. The first-order valence-electron chi connectivity index (χ1n) is 7.13. The van der Waals surface area contributed by atoms with E-state index in [2.05, 4.69) is 36.9 Å². The second-order valence-corrected chi connectivity index (χ2v) is 6.54. The summed E-state index contributed by atoms with van der Waals surface area (Å²) in [7, 11) is 0. The van der Waals surface area contributed by atoms with Crippen LogP contribution in [-0.2, 0) is 11.3 Å². The summed E-state index contributed by atoms with van der Waals surface area (Å²) in [5.41, 5.74) is 7.57. The van der Waals surface area contributed by atoms with E-state index < -0.39 is 0 Å². The van der Waals surface area contributed by atoms with Gasteiger partial charge in [0.2, 0.25) is 0 Å². The predicted octanol–water partition coefficient (Wildman–Crippen LogP) is 2.86. The fraction of sp³-hybridized carbons (Fsp3) is 0.733. The second-order valence-electron chi connectivity index (χ2n) is 6.54. The summed E-state index contributed by atoms with van der Waals surface area (Å²) in [6.07, 6.45) is 9.63. The first-order chi connectivity index (χ1) is 8.53. The highest BCUT2D eigenvalue weighted by Gasteiger charge is 2.32. The zero-order valence-corrected chi connectivity index (χ0v) is 11.4. The van der Waals surface area contributed by atoms with Gasteiger partial charge in [-0.2, -0.15) is 0 Å². The molecule has 1 saturated heterocycles. The van der Waals surface area contributed by atoms with Gasteiger partial charge in [0.1, 0.15) is 0 Å². The van der Waals surface area contributed by atoms with Crippen LogP contribution in [0.1, 0.15) is 51.1 Å². The summed E-state index contributed by atoms with van der Waals surface area (Å²) < 4.78 is 8.27. The largest absolute Gasteiger partial charge is 0.370 e. The second kappa shape index (κ2) is 4.39. The van der Waals surface area contributed by atoms with Crippen LogP contribution in [0, 0.1) is 5.92 Å². The van der Waals surface area contributed by atoms with Crippen molar-refractivity contribution in [2.45, 2.75) is 63.8 Å². The summed E-state index contributed by atoms with van der Waals surface area (Å²) in [5, 5.41) is 0. The fourth-order valence-corrected chi connectivity index (χ4v) is 2.94. The molecule has 1 aliphatic heterocycles. The van der Waals surface area contributed by atoms with Crippen LogP contribution in [-0.4, -0.2) is 16.3 Å². The Hall–Kier alpha value is -0.800. The standard InChI is InChI=1S/C15H24N2O/c1-15(2)7-5-13(18-15)10-17-8-6-12(9-17)14(16)11-3-4-11/h6,8-9,11,13-14H,3-5,7,10,16H2,1-2H3. The minimum absolute atomic E-state index is 0.0606. The molecule has 2 N–H and O–H groups in total. The third-order valence-electron chi connectivity index (χ3n) is 4.26. The summed E-state index contributed by atoms with van der Waals surface area (Å²) in [5.74, 6) is 0.725. The molecule has 2 fully saturated rings. The highest BCUT2D eigenvalue weighted by atomic mass is 16.5. The van der Waals surface area contributed by atoms with E-state index in [1.54, 1.807) is 0 Å². The van der Waals surface area contributed by atoms with Crippen LogP contribution in [0.15, 0.2) is 18.5 Å². The Morgan fingerprint density at radius 2 is 2.22 bits per heavy atom. The van der Waals surface area contributed by atoms with Gasteiger partial charge in [0, 0.05) is 25.0 Å². The quantitative estimate of drug-likeness (QED) is 0.890. The van der Waals surface area contributed by atoms with Crippen LogP contribution in [0.4, 0.5) is 0 Å². The maximum Gasteiger partial charge on any atom is 0.0762 e. The minimum Gasteiger partial charge on any atom is -0.370 e. The molecule has 0 spiro atoms. The predicted molar refractivity (Wildman–Crippen MR) is 72.3 cm³/mol. The van der Waals surface area contributed by atoms with Crippen LogP contribution in [0.25, 0.3) is 0 Å². The topological polar surface area (TPSA) is 40.2 Å². The molecule has 18 heavy (non-hydrogen) atoms. The zero-order valence-electron chi connectivity index (χ0n) is 11.4. The van der Waals surface area contributed by atoms with Crippen molar-refractivity contribution < 1.29 is 4.74 Å². The van der Waals surface area contributed by atoms with E-state index in [4.69, 9.17) is 10.5 Å². The average molecular weight is 248 g/mol. The van der Waals surface area contributed by atoms with Crippen molar-refractivity contribution in [3.63, 3.8) is 0 Å². The number of nitrogens with two attached hydrogens (primary N) is 1. The maximum atomic E-state index is 6.22. The third kappa shape index (κ3) is 2.62. The molecule has 1 aliphatic carbocycles. The molecule has 3 heteroatoms. The first-order valence-corrected chi connectivity index (χ1v) is 7.13. The lowest BCUT2D eigenvalue weighted by Gasteiger charge is -2.19. The Balaban J connectivity index is 1.60. The van der Waals surface area contributed by atoms with Gasteiger partial charge in [-0.25, -0.2) is 0 Å². The van der Waals surface area contributed by atoms with Crippen molar-refractivity contribution in [2.24, 2.45) is 11.7 Å². The molecule has 0 amide bonds. The molecule has 2 unspecified atom stereocenters. The molecule has 2 aliphatic rings. The Kier molecular flexibility index (Phi) is 2.99. The number of nitrogens with zero attached hydrogens (tertiary/aromatic N) is 1. The van der Waals surface area contributed by atoms with E-state index in [9.17, 15) is 0 Å². The Morgan fingerprint density at radius 1 is 1.44 bits per heavy atom. The van der Waals surface area contributed by atoms with Gasteiger partial charge in [0.25, 0.3) is 0 Å². The fourth-order valence-electron chi connectivity index (χ4n) is 2.94. The maximum absolute atomic E-state index is 6.22. The van der Waals surface area contributed by atoms with Crippen molar-refractivity contribution >= 4 is 0 Å². The van der Waals surface area contributed by atoms with E-state index in [0.29, 0.717) is 6.10 Å². The Labute approximate surface area is 109 Å². The van der Waals surface area contributed by atoms with Gasteiger partial charge in [-0.3, -0.25) is 0 Å². The summed E-state index contributed by atoms with van der Waals surface area (Å²) in [4.78, 5) is 0. The monoisotopic (exact) mass is 248 g/mol. The average Bonchev–Trinajstić information content (AvgIpc) is 2.97. The van der Waals surface area contributed by atoms with Crippen molar-refractivity contribution in [2.75, 3.05) is 0 Å². The molecular weight excluding hydrogens is 224 g/mol. The van der Waals surface area contributed by atoms with Crippen molar-refractivity contribution in [1.82, 2.24) is 4.57 Å². The highest BCUT2D eigenvalue weighted by Crippen LogP contribution is 2.39. The van der Waals surface area contributed by atoms with Gasteiger partial charge in [-0.05, 0) is 57.1 Å². The van der Waals surface area contributed by atoms with Crippen LogP contribution in [0.2, 0.25) is 0 Å². The number of rotatable bonds is 4. The van der Waals surface area contributed by atoms with Gasteiger partial charge in [-0.1, -0.05) is 0 Å². The van der Waals surface area contributed by atoms with Crippen LogP contribution in [0.3, 0.4) is 0 Å². The molecule has 0 aromatic carbocycles. The smallest absolute Gasteiger partial charge is 0.0762 e. The molecule has 0 bridgehead atoms. The van der Waals surface area contributed by atoms with Gasteiger partial charge in [-0.15, -0.1) is 0 Å². The van der Waals surface area contributed by atoms with E-state index in [1.165, 1.54) is 18.4 Å². The summed E-state index contributed by atoms with van der Waals surface area (Å²) >= 11 is 0. The Morgan fingerprint density at radius 3 is 2.83 bits per heavy atom. The van der Waals surface area contributed by atoms with Gasteiger partial charge < -0.3 is 15.0 Å². The number of ether oxygens (including phenoxy) is 1. The van der Waals surface area contributed by atoms with Crippen LogP contribution >= 0.6 is 0 Å². The molecule has 2 heterocycles. The molecule has 1 aromatic heterocycles. The van der Waals surface area contributed by atoms with Gasteiger partial charge in [0.05, 0.1) is 11.7 Å². The Bertz CT molecular complexity index is 420. The number of hydrogen-bond donors (Lipinski definition) is 1. The lowest BCUT2D eigenvalue weighted by molar-refractivity contribution is -0.0216. The number of hydrogen-bond acceptors (Lipinski definition) is 2. The molecule has 0 radical (unpaired) electrons. The van der Waals surface area contributed by atoms with Crippen LogP contribution in [0.5, 0.6) is 0 Å². The van der Waals surface area contributed by atoms with E-state index in [0.717, 1.165) is 25.3 Å². The normalized spacial score (nSPS) is 28.5. The van der Waals surface area contributed by atoms with Crippen molar-refractivity contribution in [3.8, 4) is 0 Å². The van der Waals surface area contributed by atoms with E-state index in [-0.39, 0.29) is 11.6 Å². The zero-order chi connectivity index (χ0) is 12.8. The molecule has 3 nitrogen and oxygen atoms in total. The molecular formula is C15H24N2O. The molecule has 3 rings (SSSR count). The summed E-state index contributed by atoms with van der Waals surface area (Å²) in [6, 6.07) is 2.41. The van der Waals surface area contributed by atoms with E-state index >= 15 is 0 Å². The van der Waals surface area contributed by atoms with Gasteiger partial charge >= 0.3 is 0 Å². The first kappa shape index (κ1) is 12.2. The molecule has 2 atom stereocenters. The van der Waals surface area contributed by atoms with Crippen molar-refractivity contribution in [3.05, 3.63) is 24.0 Å². The van der Waals surface area contributed by atoms with Crippen LogP contribution < -0.4 is 5.73 Å². The SMILES string of the molecule is CC1(C)CCC(Cn2ccc(C(N)C3CC3)c2)O1.